The summed E-state index contributed by atoms with van der Waals surface area (Å²) >= 11 is 5.73. The van der Waals surface area contributed by atoms with E-state index in [1.807, 2.05) is 6.07 Å². The zero-order valence-electron chi connectivity index (χ0n) is 10.8. The predicted molar refractivity (Wildman–Crippen MR) is 76.8 cm³/mol. The van der Waals surface area contributed by atoms with Crippen molar-refractivity contribution in [1.29, 1.82) is 0 Å². The number of anilines is 1. The monoisotopic (exact) mass is 307 g/mol. The van der Waals surface area contributed by atoms with Gasteiger partial charge in [0.05, 0.1) is 10.6 Å². The van der Waals surface area contributed by atoms with Gasteiger partial charge in [0.25, 0.3) is 5.91 Å². The third-order valence-corrected chi connectivity index (χ3v) is 2.86. The van der Waals surface area contributed by atoms with Gasteiger partial charge in [0.1, 0.15) is 5.82 Å². The Morgan fingerprint density at radius 3 is 2.52 bits per heavy atom. The van der Waals surface area contributed by atoms with Crippen LogP contribution in [0.3, 0.4) is 0 Å². The van der Waals surface area contributed by atoms with Gasteiger partial charge in [-0.05, 0) is 30.3 Å². The topological polar surface area (TPSA) is 55.4 Å². The number of rotatable bonds is 4. The van der Waals surface area contributed by atoms with E-state index in [1.165, 1.54) is 6.07 Å². The lowest BCUT2D eigenvalue weighted by atomic mass is 10.2. The summed E-state index contributed by atoms with van der Waals surface area (Å²) in [5.41, 5.74) is 0.601. The van der Waals surface area contributed by atoms with E-state index in [2.05, 4.69) is 5.32 Å². The van der Waals surface area contributed by atoms with E-state index in [-0.39, 0.29) is 10.6 Å². The van der Waals surface area contributed by atoms with E-state index in [1.54, 1.807) is 24.3 Å². The van der Waals surface area contributed by atoms with Crippen molar-refractivity contribution in [2.45, 2.75) is 0 Å². The number of benzene rings is 2. The third-order valence-electron chi connectivity index (χ3n) is 2.54. The number of halogens is 2. The first-order chi connectivity index (χ1) is 10.1. The molecule has 0 spiro atoms. The first kappa shape index (κ1) is 15.0. The molecule has 1 amide bonds. The van der Waals surface area contributed by atoms with Crippen LogP contribution in [0.4, 0.5) is 10.1 Å². The second-order valence-electron chi connectivity index (χ2n) is 4.11. The predicted octanol–water partition coefficient (Wildman–Crippen LogP) is 3.27. The summed E-state index contributed by atoms with van der Waals surface area (Å²) in [5.74, 6) is -1.82. The lowest BCUT2D eigenvalue weighted by molar-refractivity contribution is -0.119. The van der Waals surface area contributed by atoms with Crippen molar-refractivity contribution in [2.24, 2.45) is 0 Å². The molecule has 1 N–H and O–H groups in total. The Balaban J connectivity index is 1.90. The molecule has 2 aromatic rings. The van der Waals surface area contributed by atoms with Gasteiger partial charge < -0.3 is 10.1 Å². The van der Waals surface area contributed by atoms with Gasteiger partial charge in [-0.25, -0.2) is 9.18 Å². The molecular weight excluding hydrogens is 297 g/mol. The van der Waals surface area contributed by atoms with Crippen molar-refractivity contribution >= 4 is 29.2 Å². The van der Waals surface area contributed by atoms with Crippen molar-refractivity contribution in [3.63, 3.8) is 0 Å². The van der Waals surface area contributed by atoms with Gasteiger partial charge >= 0.3 is 5.97 Å². The Kier molecular flexibility index (Phi) is 4.90. The number of hydrogen-bond donors (Lipinski definition) is 1. The first-order valence-corrected chi connectivity index (χ1v) is 6.41. The lowest BCUT2D eigenvalue weighted by Crippen LogP contribution is -2.21. The molecule has 108 valence electrons. The van der Waals surface area contributed by atoms with E-state index in [0.29, 0.717) is 5.69 Å². The number of nitrogens with one attached hydrogen (secondary N) is 1. The van der Waals surface area contributed by atoms with Crippen LogP contribution in [-0.4, -0.2) is 18.5 Å². The fraction of sp³-hybridized carbons (Fsp3) is 0.0667. The Labute approximate surface area is 125 Å². The van der Waals surface area contributed by atoms with Crippen molar-refractivity contribution in [2.75, 3.05) is 11.9 Å². The largest absolute Gasteiger partial charge is 0.452 e. The van der Waals surface area contributed by atoms with Crippen LogP contribution in [0, 0.1) is 5.82 Å². The molecule has 0 radical (unpaired) electrons. The number of esters is 1. The second-order valence-corrected chi connectivity index (χ2v) is 4.52. The van der Waals surface area contributed by atoms with Gasteiger partial charge in [0.15, 0.2) is 6.61 Å². The molecule has 2 aromatic carbocycles. The minimum Gasteiger partial charge on any atom is -0.452 e. The molecular formula is C15H11ClFNO3. The van der Waals surface area contributed by atoms with Gasteiger partial charge in [-0.2, -0.15) is 0 Å². The highest BCUT2D eigenvalue weighted by Crippen LogP contribution is 2.18. The minimum absolute atomic E-state index is 0.00516. The number of para-hydroxylation sites is 1. The van der Waals surface area contributed by atoms with Crippen molar-refractivity contribution < 1.29 is 18.7 Å². The van der Waals surface area contributed by atoms with Gasteiger partial charge in [-0.15, -0.1) is 0 Å². The van der Waals surface area contributed by atoms with Gasteiger partial charge in [-0.1, -0.05) is 29.8 Å². The highest BCUT2D eigenvalue weighted by molar-refractivity contribution is 6.33. The molecule has 4 nitrogen and oxygen atoms in total. The Bertz CT molecular complexity index is 661. The van der Waals surface area contributed by atoms with Crippen LogP contribution < -0.4 is 5.32 Å². The van der Waals surface area contributed by atoms with E-state index in [4.69, 9.17) is 16.3 Å². The van der Waals surface area contributed by atoms with Crippen LogP contribution in [0.5, 0.6) is 0 Å². The fourth-order valence-electron chi connectivity index (χ4n) is 1.58. The normalized spacial score (nSPS) is 10.0. The summed E-state index contributed by atoms with van der Waals surface area (Å²) < 4.78 is 17.7. The van der Waals surface area contributed by atoms with Crippen LogP contribution in [0.1, 0.15) is 10.4 Å². The highest BCUT2D eigenvalue weighted by Gasteiger charge is 2.14. The molecule has 0 unspecified atom stereocenters. The van der Waals surface area contributed by atoms with Crippen LogP contribution >= 0.6 is 11.6 Å². The lowest BCUT2D eigenvalue weighted by Gasteiger charge is -2.07. The highest BCUT2D eigenvalue weighted by atomic mass is 35.5. The van der Waals surface area contributed by atoms with Crippen LogP contribution in [0.15, 0.2) is 48.5 Å². The molecule has 0 aliphatic rings. The average molecular weight is 308 g/mol. The number of carbonyl (C=O) groups is 2. The maximum absolute atomic E-state index is 12.9. The number of ether oxygens (including phenoxy) is 1. The Hall–Kier alpha value is -2.40. The van der Waals surface area contributed by atoms with Crippen molar-refractivity contribution in [3.05, 3.63) is 64.9 Å². The minimum atomic E-state index is -0.789. The fourth-order valence-corrected chi connectivity index (χ4v) is 1.83. The molecule has 0 bridgehead atoms. The van der Waals surface area contributed by atoms with E-state index in [9.17, 15) is 14.0 Å². The zero-order chi connectivity index (χ0) is 15.2. The molecule has 0 saturated carbocycles. The maximum Gasteiger partial charge on any atom is 0.340 e. The quantitative estimate of drug-likeness (QED) is 0.882. The number of carbonyl (C=O) groups excluding carboxylic acids is 2. The van der Waals surface area contributed by atoms with E-state index < -0.39 is 24.3 Å². The molecule has 2 rings (SSSR count). The molecule has 0 fully saturated rings. The summed E-state index contributed by atoms with van der Waals surface area (Å²) in [5, 5.41) is 2.50. The molecule has 0 saturated heterocycles. The summed E-state index contributed by atoms with van der Waals surface area (Å²) in [6.45, 7) is -0.457. The standard InChI is InChI=1S/C15H11ClFNO3/c16-13-8-10(17)6-7-12(13)15(20)21-9-14(19)18-11-4-2-1-3-5-11/h1-8H,9H2,(H,18,19). The number of amides is 1. The van der Waals surface area contributed by atoms with Crippen LogP contribution in [0.2, 0.25) is 5.02 Å². The molecule has 6 heteroatoms. The van der Waals surface area contributed by atoms with Crippen LogP contribution in [0.25, 0.3) is 0 Å². The van der Waals surface area contributed by atoms with Crippen molar-refractivity contribution in [1.82, 2.24) is 0 Å². The van der Waals surface area contributed by atoms with Crippen molar-refractivity contribution in [3.8, 4) is 0 Å². The molecule has 0 aromatic heterocycles. The second kappa shape index (κ2) is 6.85. The van der Waals surface area contributed by atoms with E-state index in [0.717, 1.165) is 12.1 Å². The SMILES string of the molecule is O=C(COC(=O)c1ccc(F)cc1Cl)Nc1ccccc1. The van der Waals surface area contributed by atoms with Gasteiger partial charge in [0.2, 0.25) is 0 Å². The summed E-state index contributed by atoms with van der Waals surface area (Å²) in [6.07, 6.45) is 0. The maximum atomic E-state index is 12.9. The smallest absolute Gasteiger partial charge is 0.340 e. The Morgan fingerprint density at radius 2 is 1.86 bits per heavy atom. The molecule has 0 heterocycles. The van der Waals surface area contributed by atoms with Crippen LogP contribution in [-0.2, 0) is 9.53 Å². The summed E-state index contributed by atoms with van der Waals surface area (Å²) in [4.78, 5) is 23.3. The third kappa shape index (κ3) is 4.29. The average Bonchev–Trinajstić information content (AvgIpc) is 2.46. The van der Waals surface area contributed by atoms with E-state index >= 15 is 0 Å². The molecule has 0 aliphatic heterocycles. The summed E-state index contributed by atoms with van der Waals surface area (Å²) in [6, 6.07) is 12.0. The Morgan fingerprint density at radius 1 is 1.14 bits per heavy atom. The first-order valence-electron chi connectivity index (χ1n) is 6.03. The number of hydrogen-bond acceptors (Lipinski definition) is 3. The zero-order valence-corrected chi connectivity index (χ0v) is 11.6. The van der Waals surface area contributed by atoms with Gasteiger partial charge in [-0.3, -0.25) is 4.79 Å². The molecule has 0 aliphatic carbocycles. The summed E-state index contributed by atoms with van der Waals surface area (Å²) in [7, 11) is 0. The molecule has 21 heavy (non-hydrogen) atoms. The molecule has 0 atom stereocenters. The van der Waals surface area contributed by atoms with Gasteiger partial charge in [0, 0.05) is 5.69 Å².